The summed E-state index contributed by atoms with van der Waals surface area (Å²) in [5.41, 5.74) is 0. The van der Waals surface area contributed by atoms with Crippen molar-refractivity contribution >= 4 is 6.09 Å². The number of rotatable bonds is 3. The quantitative estimate of drug-likeness (QED) is 0.705. The lowest BCUT2D eigenvalue weighted by Gasteiger charge is -2.34. The third-order valence-electron chi connectivity index (χ3n) is 2.60. The molecule has 0 radical (unpaired) electrons. The van der Waals surface area contributed by atoms with Crippen molar-refractivity contribution in [3.05, 3.63) is 0 Å². The monoisotopic (exact) mass is 186 g/mol. The van der Waals surface area contributed by atoms with Crippen molar-refractivity contribution in [2.75, 3.05) is 27.2 Å². The summed E-state index contributed by atoms with van der Waals surface area (Å²) >= 11 is 0. The van der Waals surface area contributed by atoms with Crippen molar-refractivity contribution in [3.8, 4) is 0 Å². The van der Waals surface area contributed by atoms with Crippen molar-refractivity contribution in [1.82, 2.24) is 10.2 Å². The molecule has 1 N–H and O–H groups in total. The number of carbonyl (C=O) groups is 1. The van der Waals surface area contributed by atoms with Crippen molar-refractivity contribution in [2.24, 2.45) is 5.92 Å². The number of nitrogens with one attached hydrogen (secondary N) is 1. The molecule has 1 aliphatic heterocycles. The van der Waals surface area contributed by atoms with E-state index in [0.717, 1.165) is 13.1 Å². The molecule has 0 aliphatic carbocycles. The fourth-order valence-electron chi connectivity index (χ4n) is 1.59. The molecule has 1 heterocycles. The number of nitrogens with zero attached hydrogens (tertiary/aromatic N) is 1. The molecule has 0 saturated carbocycles. The van der Waals surface area contributed by atoms with Crippen LogP contribution >= 0.6 is 0 Å². The first-order valence-corrected chi connectivity index (χ1v) is 4.67. The summed E-state index contributed by atoms with van der Waals surface area (Å²) in [5, 5.41) is 3.33. The van der Waals surface area contributed by atoms with Gasteiger partial charge in [0.2, 0.25) is 0 Å². The molecule has 2 unspecified atom stereocenters. The van der Waals surface area contributed by atoms with Crippen LogP contribution < -0.4 is 5.32 Å². The zero-order chi connectivity index (χ0) is 9.84. The lowest BCUT2D eigenvalue weighted by molar-refractivity contribution is 0.120. The minimum atomic E-state index is -0.258. The van der Waals surface area contributed by atoms with Crippen LogP contribution in [0.2, 0.25) is 0 Å². The summed E-state index contributed by atoms with van der Waals surface area (Å²) < 4.78 is 4.61. The first kappa shape index (κ1) is 10.3. The standard InChI is InChI=1S/C9H18N2O2/c1-7(8-4-5-10-8)6-11(2)9(12)13-3/h7-8,10H,4-6H2,1-3H3. The largest absolute Gasteiger partial charge is 0.453 e. The second-order valence-corrected chi connectivity index (χ2v) is 3.68. The van der Waals surface area contributed by atoms with Crippen molar-refractivity contribution < 1.29 is 9.53 Å². The van der Waals surface area contributed by atoms with Crippen molar-refractivity contribution in [2.45, 2.75) is 19.4 Å². The lowest BCUT2D eigenvalue weighted by atomic mass is 9.93. The van der Waals surface area contributed by atoms with E-state index in [4.69, 9.17) is 0 Å². The Kier molecular flexibility index (Phi) is 3.54. The van der Waals surface area contributed by atoms with Crippen LogP contribution in [0, 0.1) is 5.92 Å². The van der Waals surface area contributed by atoms with Gasteiger partial charge >= 0.3 is 6.09 Å². The summed E-state index contributed by atoms with van der Waals surface area (Å²) in [6.07, 6.45) is 0.960. The van der Waals surface area contributed by atoms with Gasteiger partial charge in [-0.15, -0.1) is 0 Å². The molecule has 4 nitrogen and oxygen atoms in total. The van der Waals surface area contributed by atoms with Crippen LogP contribution in [0.5, 0.6) is 0 Å². The maximum absolute atomic E-state index is 11.1. The zero-order valence-corrected chi connectivity index (χ0v) is 8.54. The fourth-order valence-corrected chi connectivity index (χ4v) is 1.59. The summed E-state index contributed by atoms with van der Waals surface area (Å²) in [7, 11) is 3.17. The number of amides is 1. The van der Waals surface area contributed by atoms with Gasteiger partial charge in [-0.1, -0.05) is 6.92 Å². The Morgan fingerprint density at radius 3 is 2.77 bits per heavy atom. The fraction of sp³-hybridized carbons (Fsp3) is 0.889. The molecule has 0 aromatic carbocycles. The Balaban J connectivity index is 2.25. The number of hydrogen-bond acceptors (Lipinski definition) is 3. The van der Waals surface area contributed by atoms with Gasteiger partial charge in [-0.05, 0) is 18.9 Å². The summed E-state index contributed by atoms with van der Waals surface area (Å²) in [5.74, 6) is 0.498. The molecule has 1 rings (SSSR count). The van der Waals surface area contributed by atoms with E-state index in [1.165, 1.54) is 13.5 Å². The molecule has 0 bridgehead atoms. The highest BCUT2D eigenvalue weighted by molar-refractivity contribution is 5.66. The van der Waals surface area contributed by atoms with Crippen LogP contribution in [-0.4, -0.2) is 44.3 Å². The summed E-state index contributed by atoms with van der Waals surface area (Å²) in [6.45, 7) is 4.01. The first-order chi connectivity index (χ1) is 6.15. The van der Waals surface area contributed by atoms with Gasteiger partial charge in [0, 0.05) is 19.6 Å². The Hall–Kier alpha value is -0.770. The van der Waals surface area contributed by atoms with Crippen LogP contribution in [0.25, 0.3) is 0 Å². The minimum absolute atomic E-state index is 0.258. The van der Waals surface area contributed by atoms with Crippen LogP contribution in [0.3, 0.4) is 0 Å². The van der Waals surface area contributed by atoms with Crippen LogP contribution in [0.4, 0.5) is 4.79 Å². The zero-order valence-electron chi connectivity index (χ0n) is 8.54. The topological polar surface area (TPSA) is 41.6 Å². The van der Waals surface area contributed by atoms with Gasteiger partial charge in [0.15, 0.2) is 0 Å². The Bertz CT molecular complexity index is 180. The van der Waals surface area contributed by atoms with E-state index >= 15 is 0 Å². The Morgan fingerprint density at radius 1 is 1.77 bits per heavy atom. The smallest absolute Gasteiger partial charge is 0.409 e. The third kappa shape index (κ3) is 2.59. The lowest BCUT2D eigenvalue weighted by Crippen LogP contribution is -2.50. The molecule has 0 aromatic rings. The second-order valence-electron chi connectivity index (χ2n) is 3.68. The second kappa shape index (κ2) is 4.46. The average molecular weight is 186 g/mol. The van der Waals surface area contributed by atoms with Gasteiger partial charge in [-0.25, -0.2) is 4.79 Å². The van der Waals surface area contributed by atoms with Crippen LogP contribution in [0.15, 0.2) is 0 Å². The molecule has 2 atom stereocenters. The summed E-state index contributed by atoms with van der Waals surface area (Å²) in [6, 6.07) is 0.576. The molecule has 76 valence electrons. The predicted molar refractivity (Wildman–Crippen MR) is 50.6 cm³/mol. The van der Waals surface area contributed by atoms with Crippen molar-refractivity contribution in [1.29, 1.82) is 0 Å². The average Bonchev–Trinajstić information content (AvgIpc) is 1.99. The van der Waals surface area contributed by atoms with E-state index in [9.17, 15) is 4.79 Å². The Morgan fingerprint density at radius 2 is 2.38 bits per heavy atom. The predicted octanol–water partition coefficient (Wildman–Crippen LogP) is 0.683. The maximum atomic E-state index is 11.1. The van der Waals surface area contributed by atoms with E-state index < -0.39 is 0 Å². The van der Waals surface area contributed by atoms with Gasteiger partial charge < -0.3 is 15.0 Å². The highest BCUT2D eigenvalue weighted by atomic mass is 16.5. The van der Waals surface area contributed by atoms with E-state index in [1.54, 1.807) is 11.9 Å². The van der Waals surface area contributed by atoms with Gasteiger partial charge in [-0.3, -0.25) is 0 Å². The van der Waals surface area contributed by atoms with Gasteiger partial charge in [0.1, 0.15) is 0 Å². The van der Waals surface area contributed by atoms with E-state index in [-0.39, 0.29) is 6.09 Å². The third-order valence-corrected chi connectivity index (χ3v) is 2.60. The molecular weight excluding hydrogens is 168 g/mol. The number of ether oxygens (including phenoxy) is 1. The Labute approximate surface area is 79.2 Å². The molecule has 1 aliphatic rings. The minimum Gasteiger partial charge on any atom is -0.453 e. The SMILES string of the molecule is COC(=O)N(C)CC(C)C1CCN1. The molecule has 1 fully saturated rings. The normalized spacial score (nSPS) is 23.2. The van der Waals surface area contributed by atoms with Gasteiger partial charge in [0.25, 0.3) is 0 Å². The van der Waals surface area contributed by atoms with E-state index in [2.05, 4.69) is 17.0 Å². The van der Waals surface area contributed by atoms with Gasteiger partial charge in [0.05, 0.1) is 7.11 Å². The number of hydrogen-bond donors (Lipinski definition) is 1. The van der Waals surface area contributed by atoms with Crippen molar-refractivity contribution in [3.63, 3.8) is 0 Å². The molecule has 1 amide bonds. The number of methoxy groups -OCH3 is 1. The van der Waals surface area contributed by atoms with Crippen LogP contribution in [0.1, 0.15) is 13.3 Å². The van der Waals surface area contributed by atoms with E-state index in [0.29, 0.717) is 12.0 Å². The highest BCUT2D eigenvalue weighted by Gasteiger charge is 2.25. The highest BCUT2D eigenvalue weighted by Crippen LogP contribution is 2.14. The molecule has 13 heavy (non-hydrogen) atoms. The summed E-state index contributed by atoms with van der Waals surface area (Å²) in [4.78, 5) is 12.7. The first-order valence-electron chi connectivity index (χ1n) is 4.67. The molecular formula is C9H18N2O2. The van der Waals surface area contributed by atoms with E-state index in [1.807, 2.05) is 0 Å². The molecule has 1 saturated heterocycles. The number of carbonyl (C=O) groups excluding carboxylic acids is 1. The molecule has 0 aromatic heterocycles. The molecule has 4 heteroatoms. The molecule has 0 spiro atoms. The van der Waals surface area contributed by atoms with Crippen LogP contribution in [-0.2, 0) is 4.74 Å². The maximum Gasteiger partial charge on any atom is 0.409 e. The van der Waals surface area contributed by atoms with Gasteiger partial charge in [-0.2, -0.15) is 0 Å².